The van der Waals surface area contributed by atoms with Gasteiger partial charge < -0.3 is 9.15 Å². The van der Waals surface area contributed by atoms with Crippen molar-refractivity contribution < 1.29 is 9.15 Å². The Morgan fingerprint density at radius 2 is 2.00 bits per heavy atom. The summed E-state index contributed by atoms with van der Waals surface area (Å²) in [6.45, 7) is 2.32. The molecular weight excluding hydrogens is 252 g/mol. The van der Waals surface area contributed by atoms with E-state index < -0.39 is 0 Å². The van der Waals surface area contributed by atoms with E-state index >= 15 is 0 Å². The van der Waals surface area contributed by atoms with Crippen molar-refractivity contribution in [1.82, 2.24) is 4.90 Å². The molecule has 0 bridgehead atoms. The predicted octanol–water partition coefficient (Wildman–Crippen LogP) is 2.86. The highest BCUT2D eigenvalue weighted by Crippen LogP contribution is 2.12. The smallest absolute Gasteiger partial charge is 0.119 e. The molecule has 104 valence electrons. The monoisotopic (exact) mass is 270 g/mol. The second-order valence-electron chi connectivity index (χ2n) is 4.70. The maximum Gasteiger partial charge on any atom is 0.119 e. The van der Waals surface area contributed by atoms with Crippen LogP contribution in [0.25, 0.3) is 0 Å². The van der Waals surface area contributed by atoms with E-state index in [-0.39, 0.29) is 0 Å². The van der Waals surface area contributed by atoms with E-state index in [1.807, 2.05) is 37.4 Å². The lowest BCUT2D eigenvalue weighted by Gasteiger charge is -2.16. The van der Waals surface area contributed by atoms with Gasteiger partial charge in [-0.3, -0.25) is 4.90 Å². The van der Waals surface area contributed by atoms with Gasteiger partial charge in [0.1, 0.15) is 12.4 Å². The number of likely N-dealkylation sites (N-methyl/N-ethyl adjacent to an activating group) is 1. The Morgan fingerprint density at radius 1 is 1.20 bits per heavy atom. The first kappa shape index (κ1) is 14.2. The third kappa shape index (κ3) is 4.45. The molecule has 4 heteroatoms. The van der Waals surface area contributed by atoms with E-state index in [2.05, 4.69) is 11.0 Å². The van der Waals surface area contributed by atoms with E-state index in [0.29, 0.717) is 13.0 Å². The van der Waals surface area contributed by atoms with E-state index in [1.165, 1.54) is 0 Å². The maximum absolute atomic E-state index is 8.60. The van der Waals surface area contributed by atoms with Gasteiger partial charge in [-0.2, -0.15) is 5.26 Å². The highest BCUT2D eigenvalue weighted by atomic mass is 16.5. The van der Waals surface area contributed by atoms with Gasteiger partial charge in [0.25, 0.3) is 0 Å². The number of ether oxygens (including phenoxy) is 1. The van der Waals surface area contributed by atoms with Crippen molar-refractivity contribution in [3.8, 4) is 11.8 Å². The summed E-state index contributed by atoms with van der Waals surface area (Å²) in [5.74, 6) is 0.836. The van der Waals surface area contributed by atoms with Gasteiger partial charge >= 0.3 is 0 Å². The molecule has 0 atom stereocenters. The molecule has 20 heavy (non-hydrogen) atoms. The number of rotatable bonds is 7. The van der Waals surface area contributed by atoms with Gasteiger partial charge in [0.05, 0.1) is 25.0 Å². The molecule has 0 unspecified atom stereocenters. The first-order valence-electron chi connectivity index (χ1n) is 6.56. The average Bonchev–Trinajstić information content (AvgIpc) is 2.94. The van der Waals surface area contributed by atoms with Gasteiger partial charge in [-0.15, -0.1) is 0 Å². The predicted molar refractivity (Wildman–Crippen MR) is 76.3 cm³/mol. The summed E-state index contributed by atoms with van der Waals surface area (Å²) in [5.41, 5.74) is 2.17. The number of benzene rings is 1. The molecule has 0 spiro atoms. The number of nitriles is 1. The summed E-state index contributed by atoms with van der Waals surface area (Å²) in [7, 11) is 2.05. The number of hydrogen-bond donors (Lipinski definition) is 0. The Bertz CT molecular complexity index is 541. The van der Waals surface area contributed by atoms with Crippen molar-refractivity contribution in [1.29, 1.82) is 5.26 Å². The Balaban J connectivity index is 1.71. The standard InChI is InChI=1S/C16H18N2O2/c1-18(12-15-7-10-19-13-15)9-11-20-16-4-2-14(3-5-16)6-8-17/h2-5,7,10,13H,6,9,11-12H2,1H3. The molecule has 0 saturated carbocycles. The molecule has 0 saturated heterocycles. The van der Waals surface area contributed by atoms with Crippen LogP contribution in [0.3, 0.4) is 0 Å². The van der Waals surface area contributed by atoms with Crippen molar-refractivity contribution in [3.63, 3.8) is 0 Å². The minimum absolute atomic E-state index is 0.438. The largest absolute Gasteiger partial charge is 0.492 e. The van der Waals surface area contributed by atoms with Crippen LogP contribution in [-0.2, 0) is 13.0 Å². The van der Waals surface area contributed by atoms with Crippen molar-refractivity contribution in [2.45, 2.75) is 13.0 Å². The third-order valence-corrected chi connectivity index (χ3v) is 2.98. The van der Waals surface area contributed by atoms with Crippen molar-refractivity contribution in [2.24, 2.45) is 0 Å². The molecule has 0 amide bonds. The second kappa shape index (κ2) is 7.37. The SMILES string of the molecule is CN(CCOc1ccc(CC#N)cc1)Cc1ccoc1. The third-order valence-electron chi connectivity index (χ3n) is 2.98. The number of hydrogen-bond acceptors (Lipinski definition) is 4. The normalized spacial score (nSPS) is 10.4. The molecule has 0 fully saturated rings. The fourth-order valence-corrected chi connectivity index (χ4v) is 1.89. The summed E-state index contributed by atoms with van der Waals surface area (Å²) in [6.07, 6.45) is 3.88. The van der Waals surface area contributed by atoms with E-state index in [9.17, 15) is 0 Å². The van der Waals surface area contributed by atoms with Crippen molar-refractivity contribution in [3.05, 3.63) is 54.0 Å². The van der Waals surface area contributed by atoms with Crippen LogP contribution < -0.4 is 4.74 Å². The van der Waals surface area contributed by atoms with E-state index in [4.69, 9.17) is 14.4 Å². The van der Waals surface area contributed by atoms with Crippen LogP contribution in [0.5, 0.6) is 5.75 Å². The van der Waals surface area contributed by atoms with Crippen LogP contribution in [-0.4, -0.2) is 25.1 Å². The minimum Gasteiger partial charge on any atom is -0.492 e. The molecule has 2 rings (SSSR count). The van der Waals surface area contributed by atoms with Gasteiger partial charge in [-0.05, 0) is 30.8 Å². The fraction of sp³-hybridized carbons (Fsp3) is 0.312. The van der Waals surface area contributed by atoms with E-state index in [0.717, 1.165) is 30.0 Å². The highest BCUT2D eigenvalue weighted by molar-refractivity contribution is 5.28. The number of nitrogens with zero attached hydrogens (tertiary/aromatic N) is 2. The molecular formula is C16H18N2O2. The minimum atomic E-state index is 0.438. The van der Waals surface area contributed by atoms with Gasteiger partial charge in [-0.1, -0.05) is 12.1 Å². The molecule has 1 heterocycles. The van der Waals surface area contributed by atoms with Gasteiger partial charge in [0, 0.05) is 18.7 Å². The van der Waals surface area contributed by atoms with Crippen molar-refractivity contribution in [2.75, 3.05) is 20.2 Å². The molecule has 1 aromatic carbocycles. The summed E-state index contributed by atoms with van der Waals surface area (Å²) in [4.78, 5) is 2.18. The molecule has 0 radical (unpaired) electrons. The lowest BCUT2D eigenvalue weighted by molar-refractivity contribution is 0.232. The van der Waals surface area contributed by atoms with E-state index in [1.54, 1.807) is 12.5 Å². The maximum atomic E-state index is 8.60. The molecule has 0 aliphatic carbocycles. The van der Waals surface area contributed by atoms with Crippen LogP contribution in [0, 0.1) is 11.3 Å². The van der Waals surface area contributed by atoms with Crippen LogP contribution >= 0.6 is 0 Å². The number of furan rings is 1. The Hall–Kier alpha value is -2.25. The molecule has 4 nitrogen and oxygen atoms in total. The van der Waals surface area contributed by atoms with Gasteiger partial charge in [-0.25, -0.2) is 0 Å². The van der Waals surface area contributed by atoms with Crippen LogP contribution in [0.1, 0.15) is 11.1 Å². The summed E-state index contributed by atoms with van der Waals surface area (Å²) in [5, 5.41) is 8.60. The lowest BCUT2D eigenvalue weighted by Crippen LogP contribution is -2.23. The Labute approximate surface area is 119 Å². The summed E-state index contributed by atoms with van der Waals surface area (Å²) < 4.78 is 10.7. The Kier molecular flexibility index (Phi) is 5.22. The van der Waals surface area contributed by atoms with Crippen LogP contribution in [0.4, 0.5) is 0 Å². The first-order valence-corrected chi connectivity index (χ1v) is 6.56. The van der Waals surface area contributed by atoms with Crippen LogP contribution in [0.15, 0.2) is 47.3 Å². The second-order valence-corrected chi connectivity index (χ2v) is 4.70. The first-order chi connectivity index (χ1) is 9.78. The lowest BCUT2D eigenvalue weighted by atomic mass is 10.2. The quantitative estimate of drug-likeness (QED) is 0.776. The molecule has 2 aromatic rings. The molecule has 0 aliphatic rings. The fourth-order valence-electron chi connectivity index (χ4n) is 1.89. The topological polar surface area (TPSA) is 49.4 Å². The zero-order valence-corrected chi connectivity index (χ0v) is 11.6. The summed E-state index contributed by atoms with van der Waals surface area (Å²) >= 11 is 0. The molecule has 0 N–H and O–H groups in total. The highest BCUT2D eigenvalue weighted by Gasteiger charge is 2.02. The van der Waals surface area contributed by atoms with Gasteiger partial charge in [0.2, 0.25) is 0 Å². The molecule has 0 aliphatic heterocycles. The van der Waals surface area contributed by atoms with Crippen molar-refractivity contribution >= 4 is 0 Å². The Morgan fingerprint density at radius 3 is 2.65 bits per heavy atom. The molecule has 1 aromatic heterocycles. The van der Waals surface area contributed by atoms with Crippen LogP contribution in [0.2, 0.25) is 0 Å². The summed E-state index contributed by atoms with van der Waals surface area (Å²) in [6, 6.07) is 11.8. The average molecular weight is 270 g/mol. The zero-order valence-electron chi connectivity index (χ0n) is 11.6. The van der Waals surface area contributed by atoms with Gasteiger partial charge in [0.15, 0.2) is 0 Å². The zero-order chi connectivity index (χ0) is 14.2.